The minimum absolute atomic E-state index is 0.0144. The van der Waals surface area contributed by atoms with Gasteiger partial charge in [-0.15, -0.1) is 0 Å². The maximum atomic E-state index is 15.2. The molecule has 4 aliphatic heterocycles. The number of methoxy groups -OCH3 is 1. The van der Waals surface area contributed by atoms with Crippen molar-refractivity contribution >= 4 is 41.4 Å². The number of unbranched alkanes of at least 4 members (excludes halogenated alkanes) is 1. The van der Waals surface area contributed by atoms with E-state index in [-0.39, 0.29) is 54.8 Å². The van der Waals surface area contributed by atoms with E-state index in [0.717, 1.165) is 21.2 Å². The Bertz CT molecular complexity index is 1800. The molecule has 0 spiro atoms. The second kappa shape index (κ2) is 22.6. The fourth-order valence-corrected chi connectivity index (χ4v) is 10.0. The summed E-state index contributed by atoms with van der Waals surface area (Å²) in [5, 5.41) is 50.8. The van der Waals surface area contributed by atoms with Crippen LogP contribution in [0.1, 0.15) is 133 Å². The predicted molar refractivity (Wildman–Crippen MR) is 240 cm³/mol. The summed E-state index contributed by atoms with van der Waals surface area (Å²) in [5.41, 5.74) is -1.26. The summed E-state index contributed by atoms with van der Waals surface area (Å²) in [5.74, 6) is -10.7. The number of ether oxygens (including phenoxy) is 3. The number of rotatable bonds is 12. The van der Waals surface area contributed by atoms with Gasteiger partial charge in [-0.05, 0) is 82.5 Å². The number of carbonyl (C=O) groups is 7. The number of aliphatic hydroxyl groups is 2. The molecule has 0 aromatic heterocycles. The number of hydrazine groups is 1. The van der Waals surface area contributed by atoms with Crippen LogP contribution in [0.15, 0.2) is 0 Å². The monoisotopic (exact) mass is 954 g/mol. The van der Waals surface area contributed by atoms with E-state index >= 15 is 4.79 Å². The molecule has 0 aromatic rings. The van der Waals surface area contributed by atoms with Gasteiger partial charge in [-0.25, -0.2) is 20.3 Å². The van der Waals surface area contributed by atoms with E-state index < -0.39 is 119 Å². The molecule has 11 unspecified atom stereocenters. The number of fused-ring (bicyclic) bond motifs is 2. The molecule has 0 radical (unpaired) electrons. The Labute approximate surface area is 395 Å². The number of carbonyl (C=O) groups excluding carboxylic acids is 7. The van der Waals surface area contributed by atoms with Crippen molar-refractivity contribution in [1.82, 2.24) is 35.7 Å². The number of cyclic esters (lactones) is 1. The van der Waals surface area contributed by atoms with E-state index in [2.05, 4.69) is 24.6 Å². The molecule has 11 atom stereocenters. The zero-order chi connectivity index (χ0) is 50.5. The summed E-state index contributed by atoms with van der Waals surface area (Å²) in [6, 6.07) is -8.12. The van der Waals surface area contributed by atoms with E-state index in [9.17, 15) is 49.4 Å². The van der Waals surface area contributed by atoms with E-state index in [1.807, 2.05) is 13.8 Å². The highest BCUT2D eigenvalue weighted by atomic mass is 16.7. The molecular formula is C46H79N7O14. The SMILES string of the molecule is CCCCC1C(=O)N(O)CC(=O)N2NCCCC2C(=O)N2CCC(C)(O)C2C(=O)N(O)C(C(C)C)C(=O)OC(C(C)C)C(NC(=O)C(C)(OC)C2(O)CCC(CC(C)C)C(CC)O2)C(=O)N1C. The molecule has 382 valence electrons. The standard InChI is InChI=1S/C46H79N7O14/c1-13-15-17-30-39(56)51(63)25-33(54)52-31(18-16-22-47-52)38(55)50-23-21-44(9,61)37(50)41(58)53(64)35(27(5)6)42(59)66-36(28(7)8)34(40(57)49(30)11)48-43(60)45(10,65-12)46(62)20-19-29(24-26(3)4)32(14-2)67-46/h26-32,34-37,47,61-64H,13-25H2,1-12H3,(H,48,60). The van der Waals surface area contributed by atoms with E-state index in [0.29, 0.717) is 38.0 Å². The fraction of sp³-hybridized carbons (Fsp3) is 0.848. The topological polar surface area (TPSA) is 268 Å². The second-order valence-electron chi connectivity index (χ2n) is 20.4. The highest BCUT2D eigenvalue weighted by Gasteiger charge is 2.59. The third kappa shape index (κ3) is 11.7. The van der Waals surface area contributed by atoms with Crippen molar-refractivity contribution in [3.8, 4) is 0 Å². The van der Waals surface area contributed by atoms with Crippen LogP contribution >= 0.6 is 0 Å². The van der Waals surface area contributed by atoms with Crippen LogP contribution in [0.4, 0.5) is 0 Å². The largest absolute Gasteiger partial charge is 0.458 e. The molecule has 0 aromatic carbocycles. The average molecular weight is 954 g/mol. The molecule has 0 aliphatic carbocycles. The Morgan fingerprint density at radius 3 is 2.18 bits per heavy atom. The highest BCUT2D eigenvalue weighted by molar-refractivity contribution is 5.97. The van der Waals surface area contributed by atoms with Gasteiger partial charge >= 0.3 is 5.97 Å². The highest BCUT2D eigenvalue weighted by Crippen LogP contribution is 2.43. The Kier molecular flexibility index (Phi) is 18.8. The number of nitrogens with zero attached hydrogens (tertiary/aromatic N) is 5. The van der Waals surface area contributed by atoms with Crippen molar-refractivity contribution in [2.75, 3.05) is 33.8 Å². The van der Waals surface area contributed by atoms with Gasteiger partial charge in [0.15, 0.2) is 11.6 Å². The molecule has 67 heavy (non-hydrogen) atoms. The number of likely N-dealkylation sites (N-methyl/N-ethyl adjacent to an activating group) is 1. The lowest BCUT2D eigenvalue weighted by Crippen LogP contribution is -2.69. The van der Waals surface area contributed by atoms with Crippen molar-refractivity contribution < 1.29 is 68.4 Å². The zero-order valence-electron chi connectivity index (χ0n) is 41.7. The molecule has 4 saturated heterocycles. The summed E-state index contributed by atoms with van der Waals surface area (Å²) in [4.78, 5) is 104. The van der Waals surface area contributed by atoms with Gasteiger partial charge in [0.1, 0.15) is 36.8 Å². The maximum absolute atomic E-state index is 15.2. The van der Waals surface area contributed by atoms with E-state index in [4.69, 9.17) is 14.2 Å². The summed E-state index contributed by atoms with van der Waals surface area (Å²) in [6.07, 6.45) is 1.02. The van der Waals surface area contributed by atoms with Gasteiger partial charge in [0.05, 0.1) is 11.7 Å². The Morgan fingerprint density at radius 2 is 1.61 bits per heavy atom. The fourth-order valence-electron chi connectivity index (χ4n) is 10.0. The van der Waals surface area contributed by atoms with Crippen molar-refractivity contribution in [3.05, 3.63) is 0 Å². The molecule has 4 rings (SSSR count). The Morgan fingerprint density at radius 1 is 0.955 bits per heavy atom. The van der Waals surface area contributed by atoms with Crippen molar-refractivity contribution in [3.63, 3.8) is 0 Å². The number of nitrogens with one attached hydrogen (secondary N) is 2. The first-order valence-electron chi connectivity index (χ1n) is 24.1. The molecule has 0 saturated carbocycles. The van der Waals surface area contributed by atoms with E-state index in [1.54, 1.807) is 13.8 Å². The lowest BCUT2D eigenvalue weighted by atomic mass is 9.78. The Hall–Kier alpha value is -3.99. The van der Waals surface area contributed by atoms with Gasteiger partial charge in [-0.2, -0.15) is 0 Å². The number of amides is 6. The van der Waals surface area contributed by atoms with Crippen LogP contribution in [0.3, 0.4) is 0 Å². The van der Waals surface area contributed by atoms with Gasteiger partial charge in [0, 0.05) is 33.7 Å². The molecule has 4 heterocycles. The van der Waals surface area contributed by atoms with Gasteiger partial charge in [0.2, 0.25) is 17.6 Å². The number of hydrogen-bond acceptors (Lipinski definition) is 15. The predicted octanol–water partition coefficient (Wildman–Crippen LogP) is 1.72. The van der Waals surface area contributed by atoms with E-state index in [1.165, 1.54) is 41.9 Å². The van der Waals surface area contributed by atoms with Crippen molar-refractivity contribution in [2.45, 2.75) is 193 Å². The lowest BCUT2D eigenvalue weighted by Gasteiger charge is -2.49. The van der Waals surface area contributed by atoms with Crippen LogP contribution in [-0.2, 0) is 47.8 Å². The molecule has 21 nitrogen and oxygen atoms in total. The first-order valence-corrected chi connectivity index (χ1v) is 24.1. The van der Waals surface area contributed by atoms with Crippen LogP contribution < -0.4 is 10.7 Å². The number of hydroxylamine groups is 4. The van der Waals surface area contributed by atoms with Gasteiger partial charge in [-0.3, -0.25) is 44.2 Å². The van der Waals surface area contributed by atoms with Crippen LogP contribution in [0, 0.1) is 23.7 Å². The Balaban J connectivity index is 1.89. The third-order valence-electron chi connectivity index (χ3n) is 14.2. The minimum Gasteiger partial charge on any atom is -0.458 e. The molecule has 21 heteroatoms. The lowest BCUT2D eigenvalue weighted by molar-refractivity contribution is -0.333. The molecule has 0 bridgehead atoms. The zero-order valence-corrected chi connectivity index (χ0v) is 41.7. The molecule has 4 fully saturated rings. The van der Waals surface area contributed by atoms with Gasteiger partial charge in [0.25, 0.3) is 23.6 Å². The molecule has 6 amide bonds. The summed E-state index contributed by atoms with van der Waals surface area (Å²) in [6.45, 7) is 15.9. The minimum atomic E-state index is -2.21. The van der Waals surface area contributed by atoms with Crippen LogP contribution in [0.5, 0.6) is 0 Å². The summed E-state index contributed by atoms with van der Waals surface area (Å²) in [7, 11) is 2.47. The smallest absolute Gasteiger partial charge is 0.332 e. The van der Waals surface area contributed by atoms with Gasteiger partial charge < -0.3 is 39.5 Å². The second-order valence-corrected chi connectivity index (χ2v) is 20.4. The van der Waals surface area contributed by atoms with Crippen LogP contribution in [0.25, 0.3) is 0 Å². The normalized spacial score (nSPS) is 33.4. The quantitative estimate of drug-likeness (QED) is 0.120. The molecular weight excluding hydrogens is 875 g/mol. The summed E-state index contributed by atoms with van der Waals surface area (Å²) < 4.78 is 18.2. The van der Waals surface area contributed by atoms with Crippen LogP contribution in [0.2, 0.25) is 0 Å². The van der Waals surface area contributed by atoms with Crippen molar-refractivity contribution in [2.24, 2.45) is 23.7 Å². The third-order valence-corrected chi connectivity index (χ3v) is 14.2. The molecule has 6 N–H and O–H groups in total. The summed E-state index contributed by atoms with van der Waals surface area (Å²) >= 11 is 0. The maximum Gasteiger partial charge on any atom is 0.332 e. The molecule has 4 aliphatic rings. The first-order chi connectivity index (χ1) is 31.2. The van der Waals surface area contributed by atoms with Gasteiger partial charge in [-0.1, -0.05) is 68.2 Å². The first kappa shape index (κ1) is 55.6. The van der Waals surface area contributed by atoms with Crippen molar-refractivity contribution in [1.29, 1.82) is 0 Å². The van der Waals surface area contributed by atoms with Crippen LogP contribution in [-0.4, -0.2) is 180 Å². The average Bonchev–Trinajstić information content (AvgIpc) is 3.60. The number of hydrogen-bond donors (Lipinski definition) is 6. The number of esters is 1.